The van der Waals surface area contributed by atoms with E-state index in [0.717, 1.165) is 32.2 Å². The molecule has 0 spiro atoms. The van der Waals surface area contributed by atoms with Gasteiger partial charge in [-0.3, -0.25) is 4.79 Å². The second kappa shape index (κ2) is 4.14. The molecule has 0 bridgehead atoms. The highest BCUT2D eigenvalue weighted by molar-refractivity contribution is 5.36. The van der Waals surface area contributed by atoms with Crippen LogP contribution in [0.15, 0.2) is 17.2 Å². The molecule has 2 fully saturated rings. The number of aliphatic hydroxyl groups is 1. The fourth-order valence-corrected chi connectivity index (χ4v) is 2.42. The van der Waals surface area contributed by atoms with E-state index in [0.29, 0.717) is 18.4 Å². The molecule has 1 aromatic rings. The predicted molar refractivity (Wildman–Crippen MR) is 64.2 cm³/mol. The zero-order valence-corrected chi connectivity index (χ0v) is 9.75. The van der Waals surface area contributed by atoms with E-state index < -0.39 is 0 Å². The minimum Gasteiger partial charge on any atom is -0.391 e. The third kappa shape index (κ3) is 2.07. The average Bonchev–Trinajstić information content (AvgIpc) is 3.13. The molecule has 17 heavy (non-hydrogen) atoms. The number of anilines is 1. The lowest BCUT2D eigenvalue weighted by Crippen LogP contribution is -2.42. The number of piperidine rings is 1. The van der Waals surface area contributed by atoms with Gasteiger partial charge in [0.25, 0.3) is 5.56 Å². The molecule has 1 aliphatic carbocycles. The fourth-order valence-electron chi connectivity index (χ4n) is 2.42. The second-order valence-corrected chi connectivity index (χ2v) is 4.94. The summed E-state index contributed by atoms with van der Waals surface area (Å²) in [6.07, 6.45) is 7.04. The maximum absolute atomic E-state index is 12.2. The maximum atomic E-state index is 12.2. The summed E-state index contributed by atoms with van der Waals surface area (Å²) in [5.41, 5.74) is -0.0101. The molecule has 1 aliphatic heterocycles. The molecule has 1 unspecified atom stereocenters. The van der Waals surface area contributed by atoms with Gasteiger partial charge in [-0.05, 0) is 25.7 Å². The highest BCUT2D eigenvalue weighted by atomic mass is 16.3. The molecule has 5 nitrogen and oxygen atoms in total. The van der Waals surface area contributed by atoms with Crippen molar-refractivity contribution in [3.63, 3.8) is 0 Å². The summed E-state index contributed by atoms with van der Waals surface area (Å²) in [6.45, 7) is 1.34. The number of aliphatic hydroxyl groups excluding tert-OH is 1. The summed E-state index contributed by atoms with van der Waals surface area (Å²) >= 11 is 0. The van der Waals surface area contributed by atoms with Crippen LogP contribution in [0.5, 0.6) is 0 Å². The van der Waals surface area contributed by atoms with Crippen molar-refractivity contribution in [1.82, 2.24) is 9.55 Å². The predicted octanol–water partition coefficient (Wildman–Crippen LogP) is 0.539. The SMILES string of the molecule is O=c1c(N2CCCC(O)C2)nccn1C1CC1. The summed E-state index contributed by atoms with van der Waals surface area (Å²) in [4.78, 5) is 18.3. The van der Waals surface area contributed by atoms with Crippen LogP contribution in [0, 0.1) is 0 Å². The van der Waals surface area contributed by atoms with E-state index in [1.807, 2.05) is 4.90 Å². The summed E-state index contributed by atoms with van der Waals surface area (Å²) in [6, 6.07) is 0.374. The largest absolute Gasteiger partial charge is 0.391 e. The van der Waals surface area contributed by atoms with Crippen LogP contribution in [0.4, 0.5) is 5.82 Å². The molecule has 1 N–H and O–H groups in total. The Hall–Kier alpha value is -1.36. The Morgan fingerprint density at radius 2 is 2.18 bits per heavy atom. The van der Waals surface area contributed by atoms with Crippen molar-refractivity contribution in [2.24, 2.45) is 0 Å². The van der Waals surface area contributed by atoms with E-state index in [1.54, 1.807) is 17.0 Å². The van der Waals surface area contributed by atoms with Crippen LogP contribution in [0.1, 0.15) is 31.7 Å². The monoisotopic (exact) mass is 235 g/mol. The Bertz CT molecular complexity index is 467. The summed E-state index contributed by atoms with van der Waals surface area (Å²) < 4.78 is 1.78. The lowest BCUT2D eigenvalue weighted by molar-refractivity contribution is 0.153. The van der Waals surface area contributed by atoms with E-state index in [-0.39, 0.29) is 11.7 Å². The van der Waals surface area contributed by atoms with Crippen LogP contribution < -0.4 is 10.5 Å². The van der Waals surface area contributed by atoms with Crippen LogP contribution in [-0.4, -0.2) is 33.9 Å². The number of hydrogen-bond donors (Lipinski definition) is 1. The van der Waals surface area contributed by atoms with Gasteiger partial charge in [0.2, 0.25) is 0 Å². The van der Waals surface area contributed by atoms with Crippen molar-refractivity contribution < 1.29 is 5.11 Å². The van der Waals surface area contributed by atoms with Crippen LogP contribution in [0.2, 0.25) is 0 Å². The first kappa shape index (κ1) is 10.8. The molecule has 92 valence electrons. The lowest BCUT2D eigenvalue weighted by Gasteiger charge is -2.30. The first-order chi connectivity index (χ1) is 8.25. The van der Waals surface area contributed by atoms with Gasteiger partial charge in [-0.1, -0.05) is 0 Å². The zero-order valence-electron chi connectivity index (χ0n) is 9.75. The molecular formula is C12H17N3O2. The highest BCUT2D eigenvalue weighted by Gasteiger charge is 2.27. The molecule has 1 saturated heterocycles. The van der Waals surface area contributed by atoms with E-state index in [1.165, 1.54) is 0 Å². The van der Waals surface area contributed by atoms with Gasteiger partial charge in [-0.25, -0.2) is 4.98 Å². The normalized spacial score (nSPS) is 25.0. The molecule has 1 atom stereocenters. The van der Waals surface area contributed by atoms with Crippen molar-refractivity contribution in [1.29, 1.82) is 0 Å². The van der Waals surface area contributed by atoms with Gasteiger partial charge in [0.05, 0.1) is 6.10 Å². The standard InChI is InChI=1S/C12H17N3O2/c16-10-2-1-6-14(8-10)11-12(17)15(7-5-13-11)9-3-4-9/h5,7,9-10,16H,1-4,6,8H2. The first-order valence-electron chi connectivity index (χ1n) is 6.26. The Labute approximate surface area is 99.7 Å². The van der Waals surface area contributed by atoms with Crippen molar-refractivity contribution in [2.75, 3.05) is 18.0 Å². The Balaban J connectivity index is 1.91. The fraction of sp³-hybridized carbons (Fsp3) is 0.667. The van der Waals surface area contributed by atoms with Crippen molar-refractivity contribution in [3.8, 4) is 0 Å². The molecule has 0 amide bonds. The molecule has 0 aromatic carbocycles. The second-order valence-electron chi connectivity index (χ2n) is 4.94. The molecular weight excluding hydrogens is 218 g/mol. The summed E-state index contributed by atoms with van der Waals surface area (Å²) in [5, 5.41) is 9.64. The number of nitrogens with zero attached hydrogens (tertiary/aromatic N) is 3. The van der Waals surface area contributed by atoms with Gasteiger partial charge in [-0.15, -0.1) is 0 Å². The molecule has 1 aromatic heterocycles. The van der Waals surface area contributed by atoms with E-state index in [2.05, 4.69) is 4.98 Å². The number of hydrogen-bond acceptors (Lipinski definition) is 4. The Kier molecular flexibility index (Phi) is 2.63. The maximum Gasteiger partial charge on any atom is 0.293 e. The molecule has 3 rings (SSSR count). The lowest BCUT2D eigenvalue weighted by atomic mass is 10.1. The topological polar surface area (TPSA) is 58.4 Å². The summed E-state index contributed by atoms with van der Waals surface area (Å²) in [5.74, 6) is 0.498. The van der Waals surface area contributed by atoms with Gasteiger partial charge < -0.3 is 14.6 Å². The van der Waals surface area contributed by atoms with E-state index in [9.17, 15) is 9.90 Å². The van der Waals surface area contributed by atoms with Crippen LogP contribution in [0.3, 0.4) is 0 Å². The van der Waals surface area contributed by atoms with Gasteiger partial charge >= 0.3 is 0 Å². The van der Waals surface area contributed by atoms with Crippen LogP contribution >= 0.6 is 0 Å². The third-order valence-electron chi connectivity index (χ3n) is 3.49. The number of aromatic nitrogens is 2. The minimum atomic E-state index is -0.334. The van der Waals surface area contributed by atoms with E-state index in [4.69, 9.17) is 0 Å². The smallest absolute Gasteiger partial charge is 0.293 e. The first-order valence-corrected chi connectivity index (χ1v) is 6.26. The minimum absolute atomic E-state index is 0.0101. The van der Waals surface area contributed by atoms with Crippen molar-refractivity contribution >= 4 is 5.82 Å². The zero-order chi connectivity index (χ0) is 11.8. The highest BCUT2D eigenvalue weighted by Crippen LogP contribution is 2.33. The molecule has 2 aliphatic rings. The van der Waals surface area contributed by atoms with Gasteiger partial charge in [0.15, 0.2) is 5.82 Å². The van der Waals surface area contributed by atoms with Crippen LogP contribution in [-0.2, 0) is 0 Å². The van der Waals surface area contributed by atoms with E-state index >= 15 is 0 Å². The van der Waals surface area contributed by atoms with Gasteiger partial charge in [-0.2, -0.15) is 0 Å². The van der Waals surface area contributed by atoms with Crippen molar-refractivity contribution in [3.05, 3.63) is 22.7 Å². The molecule has 2 heterocycles. The van der Waals surface area contributed by atoms with Crippen molar-refractivity contribution in [2.45, 2.75) is 37.8 Å². The Morgan fingerprint density at radius 3 is 2.88 bits per heavy atom. The van der Waals surface area contributed by atoms with Crippen LogP contribution in [0.25, 0.3) is 0 Å². The molecule has 5 heteroatoms. The van der Waals surface area contributed by atoms with Gasteiger partial charge in [0, 0.05) is 31.5 Å². The average molecular weight is 235 g/mol. The number of β-amino-alcohol motifs (C(OH)–C–C–N with tert-alkyl or cyclic N) is 1. The molecule has 0 radical (unpaired) electrons. The molecule has 1 saturated carbocycles. The summed E-state index contributed by atoms with van der Waals surface area (Å²) in [7, 11) is 0. The third-order valence-corrected chi connectivity index (χ3v) is 3.49. The van der Waals surface area contributed by atoms with Gasteiger partial charge in [0.1, 0.15) is 0 Å². The quantitative estimate of drug-likeness (QED) is 0.812. The Morgan fingerprint density at radius 1 is 1.35 bits per heavy atom. The number of rotatable bonds is 2.